The Morgan fingerprint density at radius 3 is 2.87 bits per heavy atom. The van der Waals surface area contributed by atoms with Crippen molar-refractivity contribution in [3.63, 3.8) is 0 Å². The van der Waals surface area contributed by atoms with E-state index in [1.165, 1.54) is 0 Å². The third-order valence-electron chi connectivity index (χ3n) is 5.15. The lowest BCUT2D eigenvalue weighted by molar-refractivity contribution is -0.118. The molecule has 9 heteroatoms. The molecule has 5 rings (SSSR count). The minimum Gasteiger partial charge on any atom is -0.367 e. The Hall–Kier alpha value is -3.83. The normalized spacial score (nSPS) is 17.1. The van der Waals surface area contributed by atoms with Crippen molar-refractivity contribution in [1.29, 1.82) is 5.26 Å². The van der Waals surface area contributed by atoms with Crippen LogP contribution < -0.4 is 16.0 Å². The lowest BCUT2D eigenvalue weighted by atomic mass is 10.1. The number of nitrogens with zero attached hydrogens (tertiary/aromatic N) is 4. The summed E-state index contributed by atoms with van der Waals surface area (Å²) in [4.78, 5) is 16.4. The highest BCUT2D eigenvalue weighted by Gasteiger charge is 2.24. The van der Waals surface area contributed by atoms with E-state index < -0.39 is 0 Å². The molecule has 2 aromatic heterocycles. The molecular weight excluding hydrogens is 414 g/mol. The van der Waals surface area contributed by atoms with Gasteiger partial charge >= 0.3 is 0 Å². The smallest absolute Gasteiger partial charge is 0.228 e. The second-order valence-electron chi connectivity index (χ2n) is 7.59. The van der Waals surface area contributed by atoms with Crippen LogP contribution in [0.4, 0.5) is 17.3 Å². The zero-order valence-corrected chi connectivity index (χ0v) is 17.2. The van der Waals surface area contributed by atoms with Gasteiger partial charge in [-0.15, -0.1) is 0 Å². The highest BCUT2D eigenvalue weighted by molar-refractivity contribution is 6.33. The van der Waals surface area contributed by atoms with Crippen LogP contribution in [0.25, 0.3) is 11.7 Å². The Bertz CT molecular complexity index is 1310. The highest BCUT2D eigenvalue weighted by Crippen LogP contribution is 2.31. The van der Waals surface area contributed by atoms with Crippen LogP contribution in [0.2, 0.25) is 5.02 Å². The summed E-state index contributed by atoms with van der Waals surface area (Å²) in [5.74, 6) is 1.32. The number of halogens is 1. The molecule has 0 atom stereocenters. The topological polar surface area (TPSA) is 107 Å². The van der Waals surface area contributed by atoms with Gasteiger partial charge in [-0.2, -0.15) is 14.9 Å². The second-order valence-corrected chi connectivity index (χ2v) is 7.99. The van der Waals surface area contributed by atoms with Crippen molar-refractivity contribution in [3.8, 4) is 6.07 Å². The Balaban J connectivity index is 1.57. The van der Waals surface area contributed by atoms with Crippen LogP contribution in [0.5, 0.6) is 0 Å². The molecule has 0 spiro atoms. The third-order valence-corrected chi connectivity index (χ3v) is 5.46. The van der Waals surface area contributed by atoms with Crippen molar-refractivity contribution < 1.29 is 4.79 Å². The van der Waals surface area contributed by atoms with Gasteiger partial charge in [-0.3, -0.25) is 4.79 Å². The summed E-state index contributed by atoms with van der Waals surface area (Å²) in [6, 6.07) is 9.42. The molecule has 154 valence electrons. The lowest BCUT2D eigenvalue weighted by Crippen LogP contribution is -2.10. The molecule has 1 saturated heterocycles. The first-order valence-electron chi connectivity index (χ1n) is 9.82. The maximum atomic E-state index is 11.7. The van der Waals surface area contributed by atoms with Crippen LogP contribution in [0, 0.1) is 11.3 Å². The first-order chi connectivity index (χ1) is 15.0. The molecule has 1 aromatic carbocycles. The number of nitriles is 1. The largest absolute Gasteiger partial charge is 0.367 e. The van der Waals surface area contributed by atoms with E-state index in [9.17, 15) is 4.79 Å². The zero-order chi connectivity index (χ0) is 21.5. The van der Waals surface area contributed by atoms with Crippen molar-refractivity contribution in [1.82, 2.24) is 19.9 Å². The summed E-state index contributed by atoms with van der Waals surface area (Å²) in [5.41, 5.74) is 3.96. The van der Waals surface area contributed by atoms with Crippen molar-refractivity contribution >= 4 is 46.6 Å². The fraction of sp³-hybridized carbons (Fsp3) is 0.182. The van der Waals surface area contributed by atoms with Crippen LogP contribution in [0.1, 0.15) is 30.4 Å². The zero-order valence-electron chi connectivity index (χ0n) is 16.4. The molecule has 0 radical (unpaired) electrons. The van der Waals surface area contributed by atoms with Crippen LogP contribution in [0.3, 0.4) is 0 Å². The maximum Gasteiger partial charge on any atom is 0.228 e. The average Bonchev–Trinajstić information content (AvgIpc) is 3.38. The van der Waals surface area contributed by atoms with E-state index in [1.54, 1.807) is 28.9 Å². The molecule has 0 bridgehead atoms. The number of hydrogen-bond donors (Lipinski definition) is 3. The molecule has 2 aliphatic rings. The molecular formula is C22H18ClN7O. The first-order valence-corrected chi connectivity index (χ1v) is 10.2. The molecule has 8 nitrogen and oxygen atoms in total. The van der Waals surface area contributed by atoms with Gasteiger partial charge in [0, 0.05) is 23.4 Å². The van der Waals surface area contributed by atoms with Gasteiger partial charge in [0.1, 0.15) is 11.6 Å². The van der Waals surface area contributed by atoms with Crippen LogP contribution in [-0.2, 0) is 4.79 Å². The maximum absolute atomic E-state index is 11.7. The summed E-state index contributed by atoms with van der Waals surface area (Å²) >= 11 is 6.33. The number of rotatable bonds is 5. The first kappa shape index (κ1) is 19.2. The third kappa shape index (κ3) is 3.83. The number of anilines is 3. The number of fused-ring (bicyclic) bond motifs is 1. The molecule has 31 heavy (non-hydrogen) atoms. The molecule has 1 aliphatic heterocycles. The van der Waals surface area contributed by atoms with E-state index in [0.717, 1.165) is 29.8 Å². The van der Waals surface area contributed by atoms with E-state index in [1.807, 2.05) is 12.1 Å². The van der Waals surface area contributed by atoms with Crippen LogP contribution in [0.15, 0.2) is 48.3 Å². The van der Waals surface area contributed by atoms with Gasteiger partial charge in [-0.25, -0.2) is 4.98 Å². The van der Waals surface area contributed by atoms with E-state index in [-0.39, 0.29) is 12.3 Å². The summed E-state index contributed by atoms with van der Waals surface area (Å²) in [5, 5.41) is 23.4. The molecule has 3 N–H and O–H groups in total. The SMILES string of the molecule is C=C1NC(=O)C/C1=C\c1cnn2c(NC3CC3)cc(Nc3ccc(C#N)cc3Cl)nc12. The van der Waals surface area contributed by atoms with Gasteiger partial charge in [0.15, 0.2) is 5.65 Å². The van der Waals surface area contributed by atoms with Crippen LogP contribution in [-0.4, -0.2) is 26.5 Å². The van der Waals surface area contributed by atoms with Gasteiger partial charge < -0.3 is 16.0 Å². The number of amides is 1. The standard InChI is InChI=1S/C22H18ClN7O/c1-12-14(8-21(31)26-12)7-15-11-25-30-20(27-16-3-4-16)9-19(29-22(15)30)28-18-5-2-13(10-24)6-17(18)23/h2,5-7,9,11,16,27H,1,3-4,8H2,(H,26,31)(H,28,29)/b14-7+. The molecule has 0 unspecified atom stereocenters. The molecule has 2 fully saturated rings. The minimum absolute atomic E-state index is 0.0745. The van der Waals surface area contributed by atoms with Gasteiger partial charge in [0.25, 0.3) is 0 Å². The van der Waals surface area contributed by atoms with Crippen molar-refractivity contribution in [2.45, 2.75) is 25.3 Å². The number of nitrogens with one attached hydrogen (secondary N) is 3. The fourth-order valence-electron chi connectivity index (χ4n) is 3.41. The summed E-state index contributed by atoms with van der Waals surface area (Å²) in [6.07, 6.45) is 6.11. The van der Waals surface area contributed by atoms with Crippen molar-refractivity contribution in [2.24, 2.45) is 0 Å². The predicted octanol–water partition coefficient (Wildman–Crippen LogP) is 3.99. The molecule has 3 heterocycles. The van der Waals surface area contributed by atoms with Gasteiger partial charge in [-0.05, 0) is 42.7 Å². The van der Waals surface area contributed by atoms with Gasteiger partial charge in [0.05, 0.1) is 35.0 Å². The summed E-state index contributed by atoms with van der Waals surface area (Å²) in [7, 11) is 0. The van der Waals surface area contributed by atoms with Crippen molar-refractivity contribution in [3.05, 3.63) is 64.5 Å². The summed E-state index contributed by atoms with van der Waals surface area (Å²) < 4.78 is 1.75. The van der Waals surface area contributed by atoms with E-state index in [4.69, 9.17) is 21.8 Å². The number of aromatic nitrogens is 3. The second kappa shape index (κ2) is 7.45. The number of carbonyl (C=O) groups is 1. The Labute approximate surface area is 183 Å². The fourth-order valence-corrected chi connectivity index (χ4v) is 3.64. The van der Waals surface area contributed by atoms with E-state index in [2.05, 4.69) is 33.7 Å². The Kier molecular flexibility index (Phi) is 4.60. The van der Waals surface area contributed by atoms with Crippen LogP contribution >= 0.6 is 11.6 Å². The highest BCUT2D eigenvalue weighted by atomic mass is 35.5. The lowest BCUT2D eigenvalue weighted by Gasteiger charge is -2.12. The van der Waals surface area contributed by atoms with Gasteiger partial charge in [-0.1, -0.05) is 18.2 Å². The predicted molar refractivity (Wildman–Crippen MR) is 119 cm³/mol. The van der Waals surface area contributed by atoms with E-state index >= 15 is 0 Å². The number of allylic oxidation sites excluding steroid dienone is 1. The Morgan fingerprint density at radius 2 is 2.19 bits per heavy atom. The van der Waals surface area contributed by atoms with Gasteiger partial charge in [0.2, 0.25) is 5.91 Å². The number of benzene rings is 1. The molecule has 1 aliphatic carbocycles. The average molecular weight is 432 g/mol. The molecule has 1 saturated carbocycles. The minimum atomic E-state index is -0.0745. The monoisotopic (exact) mass is 431 g/mol. The summed E-state index contributed by atoms with van der Waals surface area (Å²) in [6.45, 7) is 3.90. The van der Waals surface area contributed by atoms with E-state index in [0.29, 0.717) is 39.5 Å². The number of hydrogen-bond acceptors (Lipinski definition) is 6. The van der Waals surface area contributed by atoms with Crippen molar-refractivity contribution in [2.75, 3.05) is 10.6 Å². The Morgan fingerprint density at radius 1 is 1.35 bits per heavy atom. The molecule has 1 amide bonds. The number of carbonyl (C=O) groups excluding carboxylic acids is 1. The molecule has 3 aromatic rings. The quantitative estimate of drug-likeness (QED) is 0.563.